The Morgan fingerprint density at radius 2 is 1.95 bits per heavy atom. The second kappa shape index (κ2) is 6.27. The topological polar surface area (TPSA) is 23.6 Å². The van der Waals surface area contributed by atoms with Gasteiger partial charge in [0.05, 0.1) is 6.54 Å². The summed E-state index contributed by atoms with van der Waals surface area (Å²) in [5, 5.41) is 0. The van der Waals surface area contributed by atoms with E-state index in [1.807, 2.05) is 23.6 Å². The molecule has 2 heterocycles. The van der Waals surface area contributed by atoms with Gasteiger partial charge in [0.25, 0.3) is 0 Å². The number of urea groups is 1. The maximum atomic E-state index is 12.3. The fourth-order valence-corrected chi connectivity index (χ4v) is 2.91. The zero-order chi connectivity index (χ0) is 13.8. The third-order valence-electron chi connectivity index (χ3n) is 4.01. The Balaban J connectivity index is 0.000000637. The number of carbonyl (C=O) groups excluding carboxylic acids is 1. The minimum atomic E-state index is 0.222. The lowest BCUT2D eigenvalue weighted by atomic mass is 10.0. The van der Waals surface area contributed by atoms with Crippen LogP contribution >= 0.6 is 0 Å². The molecule has 0 N–H and O–H groups in total. The summed E-state index contributed by atoms with van der Waals surface area (Å²) in [6.45, 7) is 8.95. The van der Waals surface area contributed by atoms with E-state index >= 15 is 0 Å². The Labute approximate surface area is 117 Å². The zero-order valence-electron chi connectivity index (χ0n) is 12.5. The molecular formula is C16H26N2O. The van der Waals surface area contributed by atoms with E-state index < -0.39 is 0 Å². The SMILES string of the molecule is CC.CC1C=C2C(=CCC1)CN2C(=O)N1CCCC1. The molecule has 0 aromatic heterocycles. The number of nitrogens with zero attached hydrogens (tertiary/aromatic N) is 2. The first-order valence-corrected chi connectivity index (χ1v) is 7.73. The lowest BCUT2D eigenvalue weighted by Gasteiger charge is -2.39. The van der Waals surface area contributed by atoms with Crippen molar-refractivity contribution in [1.29, 1.82) is 0 Å². The standard InChI is InChI=1S/C14H20N2O.C2H6/c1-11-5-4-6-12-10-16(13(12)9-11)14(17)15-7-2-3-8-15;1-2/h6,9,11H,2-5,7-8,10H2,1H3;1-2H3. The Morgan fingerprint density at radius 1 is 1.26 bits per heavy atom. The van der Waals surface area contributed by atoms with Gasteiger partial charge in [-0.3, -0.25) is 4.90 Å². The van der Waals surface area contributed by atoms with Crippen LogP contribution in [0.3, 0.4) is 0 Å². The second-order valence-corrected chi connectivity index (χ2v) is 5.40. The lowest BCUT2D eigenvalue weighted by Crippen LogP contribution is -2.48. The number of amides is 2. The average Bonchev–Trinajstić information content (AvgIpc) is 2.91. The van der Waals surface area contributed by atoms with Gasteiger partial charge in [-0.2, -0.15) is 0 Å². The number of hydrogen-bond donors (Lipinski definition) is 0. The number of rotatable bonds is 0. The number of fused-ring (bicyclic) bond motifs is 1. The highest BCUT2D eigenvalue weighted by Crippen LogP contribution is 2.34. The molecule has 3 heteroatoms. The third-order valence-corrected chi connectivity index (χ3v) is 4.01. The van der Waals surface area contributed by atoms with Crippen LogP contribution in [-0.2, 0) is 0 Å². The van der Waals surface area contributed by atoms with Crippen molar-refractivity contribution in [3.05, 3.63) is 23.4 Å². The molecule has 2 fully saturated rings. The van der Waals surface area contributed by atoms with E-state index in [1.54, 1.807) is 0 Å². The summed E-state index contributed by atoms with van der Waals surface area (Å²) >= 11 is 0. The maximum Gasteiger partial charge on any atom is 0.324 e. The first-order valence-electron chi connectivity index (χ1n) is 7.73. The average molecular weight is 262 g/mol. The number of allylic oxidation sites excluding steroid dienone is 2. The normalized spacial score (nSPS) is 25.3. The molecular weight excluding hydrogens is 236 g/mol. The van der Waals surface area contributed by atoms with Crippen molar-refractivity contribution in [2.24, 2.45) is 5.92 Å². The first-order chi connectivity index (χ1) is 9.25. The summed E-state index contributed by atoms with van der Waals surface area (Å²) in [5.41, 5.74) is 2.56. The fourth-order valence-electron chi connectivity index (χ4n) is 2.91. The minimum Gasteiger partial charge on any atom is -0.324 e. The second-order valence-electron chi connectivity index (χ2n) is 5.40. The molecule has 3 aliphatic rings. The molecule has 2 saturated heterocycles. The minimum absolute atomic E-state index is 0.222. The summed E-state index contributed by atoms with van der Waals surface area (Å²) in [6, 6.07) is 0.222. The van der Waals surface area contributed by atoms with Crippen molar-refractivity contribution in [2.75, 3.05) is 19.6 Å². The van der Waals surface area contributed by atoms with Crippen LogP contribution in [-0.4, -0.2) is 35.5 Å². The van der Waals surface area contributed by atoms with E-state index in [9.17, 15) is 4.79 Å². The van der Waals surface area contributed by atoms with Gasteiger partial charge >= 0.3 is 6.03 Å². The van der Waals surface area contributed by atoms with Crippen LogP contribution in [0.15, 0.2) is 23.4 Å². The molecule has 0 spiro atoms. The number of carbonyl (C=O) groups is 1. The Hall–Kier alpha value is -1.25. The van der Waals surface area contributed by atoms with Crippen molar-refractivity contribution in [2.45, 2.75) is 46.5 Å². The molecule has 0 radical (unpaired) electrons. The summed E-state index contributed by atoms with van der Waals surface area (Å²) < 4.78 is 0. The molecule has 1 unspecified atom stereocenters. The zero-order valence-corrected chi connectivity index (χ0v) is 12.5. The predicted molar refractivity (Wildman–Crippen MR) is 78.8 cm³/mol. The molecule has 106 valence electrons. The Morgan fingerprint density at radius 3 is 2.63 bits per heavy atom. The van der Waals surface area contributed by atoms with Gasteiger partial charge in [-0.25, -0.2) is 4.79 Å². The van der Waals surface area contributed by atoms with Gasteiger partial charge in [-0.05, 0) is 37.2 Å². The number of likely N-dealkylation sites (tertiary alicyclic amines) is 2. The van der Waals surface area contributed by atoms with Gasteiger partial charge in [0, 0.05) is 18.8 Å². The third kappa shape index (κ3) is 2.85. The molecule has 0 saturated carbocycles. The number of hydrogen-bond acceptors (Lipinski definition) is 1. The smallest absolute Gasteiger partial charge is 0.324 e. The Kier molecular flexibility index (Phi) is 4.67. The molecule has 0 aromatic carbocycles. The van der Waals surface area contributed by atoms with Gasteiger partial charge in [-0.15, -0.1) is 0 Å². The molecule has 2 amide bonds. The Bertz CT molecular complexity index is 392. The highest BCUT2D eigenvalue weighted by Gasteiger charge is 2.35. The van der Waals surface area contributed by atoms with E-state index in [2.05, 4.69) is 19.1 Å². The van der Waals surface area contributed by atoms with Crippen molar-refractivity contribution >= 4 is 6.03 Å². The van der Waals surface area contributed by atoms with Crippen molar-refractivity contribution < 1.29 is 4.79 Å². The van der Waals surface area contributed by atoms with Crippen LogP contribution in [0.4, 0.5) is 4.79 Å². The van der Waals surface area contributed by atoms with Crippen molar-refractivity contribution in [3.63, 3.8) is 0 Å². The molecule has 1 atom stereocenters. The van der Waals surface area contributed by atoms with E-state index in [1.165, 1.54) is 17.7 Å². The molecule has 3 rings (SSSR count). The van der Waals surface area contributed by atoms with Crippen LogP contribution < -0.4 is 0 Å². The summed E-state index contributed by atoms with van der Waals surface area (Å²) in [6.07, 6.45) is 9.27. The molecule has 0 bridgehead atoms. The highest BCUT2D eigenvalue weighted by atomic mass is 16.2. The van der Waals surface area contributed by atoms with Crippen LogP contribution in [0.2, 0.25) is 0 Å². The first kappa shape index (κ1) is 14.2. The van der Waals surface area contributed by atoms with Crippen LogP contribution in [0, 0.1) is 5.92 Å². The summed E-state index contributed by atoms with van der Waals surface area (Å²) in [4.78, 5) is 16.2. The van der Waals surface area contributed by atoms with E-state index in [0.717, 1.165) is 38.9 Å². The summed E-state index contributed by atoms with van der Waals surface area (Å²) in [5.74, 6) is 0.591. The van der Waals surface area contributed by atoms with Crippen LogP contribution in [0.1, 0.15) is 46.5 Å². The van der Waals surface area contributed by atoms with Gasteiger partial charge in [0.1, 0.15) is 0 Å². The van der Waals surface area contributed by atoms with Crippen molar-refractivity contribution in [3.8, 4) is 0 Å². The maximum absolute atomic E-state index is 12.3. The lowest BCUT2D eigenvalue weighted by molar-refractivity contribution is 0.170. The quantitative estimate of drug-likeness (QED) is 0.651. The monoisotopic (exact) mass is 262 g/mol. The van der Waals surface area contributed by atoms with Gasteiger partial charge in [0.15, 0.2) is 0 Å². The van der Waals surface area contributed by atoms with Gasteiger partial charge < -0.3 is 4.90 Å². The molecule has 2 aliphatic heterocycles. The summed E-state index contributed by atoms with van der Waals surface area (Å²) in [7, 11) is 0. The van der Waals surface area contributed by atoms with Crippen molar-refractivity contribution in [1.82, 2.24) is 9.80 Å². The predicted octanol–water partition coefficient (Wildman–Crippen LogP) is 3.78. The van der Waals surface area contributed by atoms with E-state index in [4.69, 9.17) is 0 Å². The molecule has 0 aromatic rings. The molecule has 3 nitrogen and oxygen atoms in total. The van der Waals surface area contributed by atoms with Crippen LogP contribution in [0.5, 0.6) is 0 Å². The van der Waals surface area contributed by atoms with E-state index in [-0.39, 0.29) is 6.03 Å². The van der Waals surface area contributed by atoms with Crippen LogP contribution in [0.25, 0.3) is 0 Å². The molecule has 1 aliphatic carbocycles. The van der Waals surface area contributed by atoms with E-state index in [0.29, 0.717) is 5.92 Å². The largest absolute Gasteiger partial charge is 0.324 e. The van der Waals surface area contributed by atoms with Gasteiger partial charge in [0.2, 0.25) is 0 Å². The van der Waals surface area contributed by atoms with Gasteiger partial charge in [-0.1, -0.05) is 32.9 Å². The fraction of sp³-hybridized carbons (Fsp3) is 0.688. The highest BCUT2D eigenvalue weighted by molar-refractivity contribution is 5.80. The molecule has 19 heavy (non-hydrogen) atoms.